The Balaban J connectivity index is 1.11. The minimum atomic E-state index is -0.871. The first-order chi connectivity index (χ1) is 16.0. The molecule has 3 aliphatic rings. The van der Waals surface area contributed by atoms with E-state index in [1.807, 2.05) is 24.3 Å². The van der Waals surface area contributed by atoms with E-state index in [2.05, 4.69) is 29.6 Å². The summed E-state index contributed by atoms with van der Waals surface area (Å²) in [5.41, 5.74) is 4.70. The van der Waals surface area contributed by atoms with Crippen LogP contribution in [0, 0.1) is 11.8 Å². The molecule has 1 aliphatic heterocycles. The van der Waals surface area contributed by atoms with Crippen molar-refractivity contribution in [3.8, 4) is 11.1 Å². The lowest BCUT2D eigenvalue weighted by molar-refractivity contribution is -0.140. The fraction of sp³-hybridized carbons (Fsp3) is 0.423. The normalized spacial score (nSPS) is 23.0. The molecule has 172 valence electrons. The molecule has 3 atom stereocenters. The SMILES string of the molecule is O=C(O)CC1CCCN1C(=O)[C@@H]1C[C@@H]1CNC(=O)OCC1c2ccccc2-c2ccccc21. The topological polar surface area (TPSA) is 95.9 Å². The molecule has 7 nitrogen and oxygen atoms in total. The maximum absolute atomic E-state index is 12.8. The predicted octanol–water partition coefficient (Wildman–Crippen LogP) is 3.63. The lowest BCUT2D eigenvalue weighted by Gasteiger charge is -2.23. The number of benzene rings is 2. The van der Waals surface area contributed by atoms with Crippen LogP contribution in [-0.4, -0.2) is 53.7 Å². The lowest BCUT2D eigenvalue weighted by atomic mass is 9.98. The average Bonchev–Trinajstić information content (AvgIpc) is 3.33. The molecule has 2 N–H and O–H groups in total. The van der Waals surface area contributed by atoms with Crippen LogP contribution in [0.25, 0.3) is 11.1 Å². The number of hydrogen-bond donors (Lipinski definition) is 2. The van der Waals surface area contributed by atoms with Crippen molar-refractivity contribution in [2.24, 2.45) is 11.8 Å². The number of alkyl carbamates (subject to hydrolysis) is 1. The second-order valence-electron chi connectivity index (χ2n) is 9.23. The summed E-state index contributed by atoms with van der Waals surface area (Å²) in [7, 11) is 0. The number of ether oxygens (including phenoxy) is 1. The fourth-order valence-electron chi connectivity index (χ4n) is 5.39. The van der Waals surface area contributed by atoms with Crippen LogP contribution in [0.2, 0.25) is 0 Å². The van der Waals surface area contributed by atoms with E-state index in [0.717, 1.165) is 19.3 Å². The number of nitrogens with one attached hydrogen (secondary N) is 1. The average molecular weight is 449 g/mol. The van der Waals surface area contributed by atoms with Crippen molar-refractivity contribution >= 4 is 18.0 Å². The highest BCUT2D eigenvalue weighted by molar-refractivity contribution is 5.83. The van der Waals surface area contributed by atoms with Gasteiger partial charge in [-0.05, 0) is 47.4 Å². The molecule has 33 heavy (non-hydrogen) atoms. The molecular formula is C26H28N2O5. The van der Waals surface area contributed by atoms with Crippen molar-refractivity contribution in [1.29, 1.82) is 0 Å². The van der Waals surface area contributed by atoms with E-state index in [1.165, 1.54) is 22.3 Å². The van der Waals surface area contributed by atoms with Crippen LogP contribution >= 0.6 is 0 Å². The van der Waals surface area contributed by atoms with Gasteiger partial charge in [-0.25, -0.2) is 4.79 Å². The van der Waals surface area contributed by atoms with Gasteiger partial charge in [0.1, 0.15) is 6.61 Å². The number of hydrogen-bond acceptors (Lipinski definition) is 4. The predicted molar refractivity (Wildman–Crippen MR) is 122 cm³/mol. The number of carboxylic acid groups (broad SMARTS) is 1. The molecular weight excluding hydrogens is 420 g/mol. The first-order valence-corrected chi connectivity index (χ1v) is 11.6. The second kappa shape index (κ2) is 8.89. The summed E-state index contributed by atoms with van der Waals surface area (Å²) in [6, 6.07) is 16.2. The summed E-state index contributed by atoms with van der Waals surface area (Å²) in [5, 5.41) is 11.9. The van der Waals surface area contributed by atoms with Gasteiger partial charge in [-0.15, -0.1) is 0 Å². The summed E-state index contributed by atoms with van der Waals surface area (Å²) in [6.07, 6.45) is 1.84. The third-order valence-corrected chi connectivity index (χ3v) is 7.16. The molecule has 2 aliphatic carbocycles. The standard InChI is InChI=1S/C26H28N2O5/c29-24(30)13-17-6-5-11-28(17)25(31)22-12-16(22)14-27-26(32)33-15-23-20-9-3-1-7-18(20)19-8-2-4-10-21(19)23/h1-4,7-10,16-17,22-23H,5-6,11-15H2,(H,27,32)(H,29,30)/t16-,17?,22-/m1/s1. The van der Waals surface area contributed by atoms with Gasteiger partial charge in [-0.2, -0.15) is 0 Å². The first kappa shape index (κ1) is 21.5. The first-order valence-electron chi connectivity index (χ1n) is 11.6. The van der Waals surface area contributed by atoms with Crippen molar-refractivity contribution in [3.05, 3.63) is 59.7 Å². The Morgan fingerprint density at radius 1 is 1.03 bits per heavy atom. The van der Waals surface area contributed by atoms with Crippen molar-refractivity contribution in [3.63, 3.8) is 0 Å². The highest BCUT2D eigenvalue weighted by Crippen LogP contribution is 2.44. The van der Waals surface area contributed by atoms with E-state index >= 15 is 0 Å². The zero-order chi connectivity index (χ0) is 22.9. The molecule has 2 amide bonds. The number of amides is 2. The van der Waals surface area contributed by atoms with Crippen LogP contribution in [0.15, 0.2) is 48.5 Å². The van der Waals surface area contributed by atoms with E-state index in [9.17, 15) is 14.4 Å². The number of likely N-dealkylation sites (tertiary alicyclic amines) is 1. The highest BCUT2D eigenvalue weighted by Gasteiger charge is 2.47. The Labute approximate surface area is 192 Å². The molecule has 2 fully saturated rings. The number of aliphatic carboxylic acids is 1. The summed E-state index contributed by atoms with van der Waals surface area (Å²) in [5.74, 6) is -0.876. The molecule has 2 aromatic carbocycles. The third kappa shape index (κ3) is 4.32. The third-order valence-electron chi connectivity index (χ3n) is 7.16. The van der Waals surface area contributed by atoms with Gasteiger partial charge in [0.05, 0.1) is 6.42 Å². The van der Waals surface area contributed by atoms with Crippen LogP contribution in [0.5, 0.6) is 0 Å². The number of rotatable bonds is 7. The largest absolute Gasteiger partial charge is 0.481 e. The Morgan fingerprint density at radius 2 is 1.70 bits per heavy atom. The Bertz CT molecular complexity index is 1040. The van der Waals surface area contributed by atoms with Gasteiger partial charge in [0.15, 0.2) is 0 Å². The molecule has 1 saturated heterocycles. The van der Waals surface area contributed by atoms with Crippen molar-refractivity contribution in [1.82, 2.24) is 10.2 Å². The van der Waals surface area contributed by atoms with Gasteiger partial charge in [0, 0.05) is 31.0 Å². The Kier molecular flexibility index (Phi) is 5.79. The number of carboxylic acids is 1. The molecule has 0 bridgehead atoms. The maximum Gasteiger partial charge on any atom is 0.407 e. The van der Waals surface area contributed by atoms with Crippen molar-refractivity contribution in [2.45, 2.75) is 37.6 Å². The zero-order valence-electron chi connectivity index (χ0n) is 18.4. The fourth-order valence-corrected chi connectivity index (χ4v) is 5.39. The summed E-state index contributed by atoms with van der Waals surface area (Å²) in [6.45, 7) is 1.28. The Morgan fingerprint density at radius 3 is 2.36 bits per heavy atom. The van der Waals surface area contributed by atoms with Gasteiger partial charge in [-0.3, -0.25) is 9.59 Å². The van der Waals surface area contributed by atoms with E-state index in [-0.39, 0.29) is 42.7 Å². The van der Waals surface area contributed by atoms with Crippen LogP contribution in [0.4, 0.5) is 4.79 Å². The van der Waals surface area contributed by atoms with E-state index in [4.69, 9.17) is 9.84 Å². The molecule has 5 rings (SSSR count). The summed E-state index contributed by atoms with van der Waals surface area (Å²) >= 11 is 0. The molecule has 0 radical (unpaired) electrons. The molecule has 1 unspecified atom stereocenters. The maximum atomic E-state index is 12.8. The van der Waals surface area contributed by atoms with Crippen LogP contribution in [-0.2, 0) is 14.3 Å². The lowest BCUT2D eigenvalue weighted by Crippen LogP contribution is -2.38. The van der Waals surface area contributed by atoms with Gasteiger partial charge in [-0.1, -0.05) is 48.5 Å². The summed E-state index contributed by atoms with van der Waals surface area (Å²) < 4.78 is 5.56. The van der Waals surface area contributed by atoms with Crippen LogP contribution in [0.3, 0.4) is 0 Å². The van der Waals surface area contributed by atoms with Crippen molar-refractivity contribution in [2.75, 3.05) is 19.7 Å². The molecule has 1 saturated carbocycles. The molecule has 7 heteroatoms. The number of carbonyl (C=O) groups excluding carboxylic acids is 2. The van der Waals surface area contributed by atoms with Gasteiger partial charge < -0.3 is 20.1 Å². The monoisotopic (exact) mass is 448 g/mol. The van der Waals surface area contributed by atoms with Crippen LogP contribution in [0.1, 0.15) is 42.7 Å². The van der Waals surface area contributed by atoms with Gasteiger partial charge in [0.2, 0.25) is 5.91 Å². The van der Waals surface area contributed by atoms with Crippen molar-refractivity contribution < 1.29 is 24.2 Å². The van der Waals surface area contributed by atoms with E-state index in [1.54, 1.807) is 4.90 Å². The smallest absolute Gasteiger partial charge is 0.407 e. The summed E-state index contributed by atoms with van der Waals surface area (Å²) in [4.78, 5) is 37.9. The Hall–Kier alpha value is -3.35. The van der Waals surface area contributed by atoms with E-state index < -0.39 is 12.1 Å². The number of nitrogens with zero attached hydrogens (tertiary/aromatic N) is 1. The molecule has 0 spiro atoms. The minimum Gasteiger partial charge on any atom is -0.481 e. The minimum absolute atomic E-state index is 0.00112. The quantitative estimate of drug-likeness (QED) is 0.674. The molecule has 0 aromatic heterocycles. The second-order valence-corrected chi connectivity index (χ2v) is 9.23. The number of fused-ring (bicyclic) bond motifs is 3. The highest BCUT2D eigenvalue weighted by atomic mass is 16.5. The van der Waals surface area contributed by atoms with Gasteiger partial charge in [0.25, 0.3) is 0 Å². The van der Waals surface area contributed by atoms with E-state index in [0.29, 0.717) is 13.1 Å². The molecule has 1 heterocycles. The molecule has 2 aromatic rings. The van der Waals surface area contributed by atoms with Crippen LogP contribution < -0.4 is 5.32 Å². The number of carbonyl (C=O) groups is 3. The zero-order valence-corrected chi connectivity index (χ0v) is 18.4. The van der Waals surface area contributed by atoms with Gasteiger partial charge >= 0.3 is 12.1 Å².